The Morgan fingerprint density at radius 2 is 1.79 bits per heavy atom. The molecule has 0 bridgehead atoms. The van der Waals surface area contributed by atoms with Gasteiger partial charge in [-0.05, 0) is 42.7 Å². The van der Waals surface area contributed by atoms with Crippen LogP contribution in [-0.2, 0) is 6.54 Å². The summed E-state index contributed by atoms with van der Waals surface area (Å²) < 4.78 is 11.2. The van der Waals surface area contributed by atoms with Gasteiger partial charge in [-0.15, -0.1) is 0 Å². The fraction of sp³-hybridized carbons (Fsp3) is 0.316. The molecule has 0 unspecified atom stereocenters. The van der Waals surface area contributed by atoms with Gasteiger partial charge in [0.15, 0.2) is 17.5 Å². The second-order valence-corrected chi connectivity index (χ2v) is 5.91. The molecule has 0 amide bonds. The number of hydrogen-bond donors (Lipinski definition) is 1. The molecule has 0 aromatic heterocycles. The van der Waals surface area contributed by atoms with Crippen LogP contribution in [0.4, 0.5) is 0 Å². The third kappa shape index (κ3) is 3.98. The molecule has 24 heavy (non-hydrogen) atoms. The summed E-state index contributed by atoms with van der Waals surface area (Å²) in [6.45, 7) is 0.567. The summed E-state index contributed by atoms with van der Waals surface area (Å²) in [5.41, 5.74) is 7.10. The highest BCUT2D eigenvalue weighted by Gasteiger charge is 2.27. The Balaban J connectivity index is 1.62. The van der Waals surface area contributed by atoms with Crippen molar-refractivity contribution < 1.29 is 9.47 Å². The van der Waals surface area contributed by atoms with Gasteiger partial charge in [0.25, 0.3) is 0 Å². The number of methoxy groups -OCH3 is 1. The third-order valence-corrected chi connectivity index (χ3v) is 4.10. The SMILES string of the molecule is COc1ccccc1Oc1ccc(CN=C(N)N(C)C2CC2)cc1. The van der Waals surface area contributed by atoms with Crippen molar-refractivity contribution >= 4 is 5.96 Å². The molecular weight excluding hydrogens is 302 g/mol. The lowest BCUT2D eigenvalue weighted by atomic mass is 10.2. The summed E-state index contributed by atoms with van der Waals surface area (Å²) in [5, 5.41) is 0. The summed E-state index contributed by atoms with van der Waals surface area (Å²) in [6, 6.07) is 16.0. The zero-order valence-corrected chi connectivity index (χ0v) is 14.1. The maximum atomic E-state index is 6.01. The van der Waals surface area contributed by atoms with E-state index >= 15 is 0 Å². The van der Waals surface area contributed by atoms with Crippen LogP contribution in [0.25, 0.3) is 0 Å². The largest absolute Gasteiger partial charge is 0.493 e. The van der Waals surface area contributed by atoms with E-state index in [0.717, 1.165) is 11.3 Å². The number of guanidine groups is 1. The van der Waals surface area contributed by atoms with Crippen molar-refractivity contribution in [2.45, 2.75) is 25.4 Å². The van der Waals surface area contributed by atoms with E-state index in [-0.39, 0.29) is 0 Å². The number of nitrogens with zero attached hydrogens (tertiary/aromatic N) is 2. The molecule has 5 nitrogen and oxygen atoms in total. The second-order valence-electron chi connectivity index (χ2n) is 5.91. The minimum Gasteiger partial charge on any atom is -0.493 e. The molecule has 126 valence electrons. The summed E-state index contributed by atoms with van der Waals surface area (Å²) >= 11 is 0. The van der Waals surface area contributed by atoms with Gasteiger partial charge in [-0.1, -0.05) is 24.3 Å². The lowest BCUT2D eigenvalue weighted by Crippen LogP contribution is -2.35. The summed E-state index contributed by atoms with van der Waals surface area (Å²) in [5.74, 6) is 2.77. The minimum atomic E-state index is 0.567. The topological polar surface area (TPSA) is 60.1 Å². The number of nitrogens with two attached hydrogens (primary N) is 1. The molecule has 2 aromatic carbocycles. The van der Waals surface area contributed by atoms with Crippen LogP contribution in [0.5, 0.6) is 17.2 Å². The first-order valence-corrected chi connectivity index (χ1v) is 8.10. The fourth-order valence-corrected chi connectivity index (χ4v) is 2.43. The summed E-state index contributed by atoms with van der Waals surface area (Å²) in [7, 11) is 3.63. The number of benzene rings is 2. The van der Waals surface area contributed by atoms with Gasteiger partial charge in [-0.25, -0.2) is 4.99 Å². The van der Waals surface area contributed by atoms with E-state index in [4.69, 9.17) is 15.2 Å². The van der Waals surface area contributed by atoms with Crippen LogP contribution >= 0.6 is 0 Å². The fourth-order valence-electron chi connectivity index (χ4n) is 2.43. The maximum Gasteiger partial charge on any atom is 0.191 e. The number of para-hydroxylation sites is 2. The molecule has 0 atom stereocenters. The van der Waals surface area contributed by atoms with E-state index in [1.807, 2.05) is 55.6 Å². The molecule has 2 N–H and O–H groups in total. The Bertz CT molecular complexity index is 709. The van der Waals surface area contributed by atoms with Crippen molar-refractivity contribution in [1.82, 2.24) is 4.90 Å². The van der Waals surface area contributed by atoms with Gasteiger partial charge in [-0.2, -0.15) is 0 Å². The second kappa shape index (κ2) is 7.25. The quantitative estimate of drug-likeness (QED) is 0.653. The Kier molecular flexibility index (Phi) is 4.89. The van der Waals surface area contributed by atoms with Crippen LogP contribution in [0.2, 0.25) is 0 Å². The summed E-state index contributed by atoms with van der Waals surface area (Å²) in [4.78, 5) is 6.51. The first-order chi connectivity index (χ1) is 11.7. The number of ether oxygens (including phenoxy) is 2. The molecule has 0 aliphatic heterocycles. The number of aliphatic imine (C=N–C) groups is 1. The molecule has 2 aromatic rings. The van der Waals surface area contributed by atoms with E-state index < -0.39 is 0 Å². The molecule has 1 aliphatic rings. The lowest BCUT2D eigenvalue weighted by molar-refractivity contribution is 0.379. The highest BCUT2D eigenvalue weighted by molar-refractivity contribution is 5.78. The van der Waals surface area contributed by atoms with E-state index in [1.54, 1.807) is 7.11 Å². The van der Waals surface area contributed by atoms with Gasteiger partial charge in [0.05, 0.1) is 13.7 Å². The van der Waals surface area contributed by atoms with Gasteiger partial charge >= 0.3 is 0 Å². The van der Waals surface area contributed by atoms with Crippen molar-refractivity contribution in [2.24, 2.45) is 10.7 Å². The van der Waals surface area contributed by atoms with Crippen LogP contribution in [0, 0.1) is 0 Å². The number of rotatable bonds is 6. The maximum absolute atomic E-state index is 6.01. The lowest BCUT2D eigenvalue weighted by Gasteiger charge is -2.16. The van der Waals surface area contributed by atoms with Crippen LogP contribution in [0.1, 0.15) is 18.4 Å². The Morgan fingerprint density at radius 1 is 1.12 bits per heavy atom. The first-order valence-electron chi connectivity index (χ1n) is 8.10. The van der Waals surface area contributed by atoms with Crippen LogP contribution in [0.3, 0.4) is 0 Å². The Morgan fingerprint density at radius 3 is 2.42 bits per heavy atom. The highest BCUT2D eigenvalue weighted by Crippen LogP contribution is 2.31. The molecule has 3 rings (SSSR count). The van der Waals surface area contributed by atoms with Gasteiger partial charge in [0.2, 0.25) is 0 Å². The molecule has 0 radical (unpaired) electrons. The average Bonchev–Trinajstić information content (AvgIpc) is 3.46. The predicted molar refractivity (Wildman–Crippen MR) is 95.6 cm³/mol. The van der Waals surface area contributed by atoms with Crippen LogP contribution in [0.15, 0.2) is 53.5 Å². The molecule has 1 fully saturated rings. The standard InChI is InChI=1S/C19H23N3O2/c1-22(15-9-10-15)19(20)21-13-14-7-11-16(12-8-14)24-18-6-4-3-5-17(18)23-2/h3-8,11-12,15H,9-10,13H2,1-2H3,(H2,20,21). The number of hydrogen-bond acceptors (Lipinski definition) is 3. The van der Waals surface area contributed by atoms with E-state index in [9.17, 15) is 0 Å². The molecule has 5 heteroatoms. The first kappa shape index (κ1) is 16.2. The molecule has 0 heterocycles. The molecule has 1 saturated carbocycles. The molecule has 1 aliphatic carbocycles. The van der Waals surface area contributed by atoms with E-state index in [2.05, 4.69) is 9.89 Å². The van der Waals surface area contributed by atoms with Gasteiger partial charge in [-0.3, -0.25) is 0 Å². The Hall–Kier alpha value is -2.69. The summed E-state index contributed by atoms with van der Waals surface area (Å²) in [6.07, 6.45) is 2.42. The average molecular weight is 325 g/mol. The Labute approximate surface area is 142 Å². The molecule has 0 saturated heterocycles. The van der Waals surface area contributed by atoms with Gasteiger partial charge in [0.1, 0.15) is 5.75 Å². The highest BCUT2D eigenvalue weighted by atomic mass is 16.5. The van der Waals surface area contributed by atoms with Crippen molar-refractivity contribution in [3.8, 4) is 17.2 Å². The van der Waals surface area contributed by atoms with Crippen LogP contribution in [-0.4, -0.2) is 31.1 Å². The third-order valence-electron chi connectivity index (χ3n) is 4.10. The van der Waals surface area contributed by atoms with Crippen molar-refractivity contribution in [1.29, 1.82) is 0 Å². The zero-order chi connectivity index (χ0) is 16.9. The van der Waals surface area contributed by atoms with E-state index in [1.165, 1.54) is 12.8 Å². The van der Waals surface area contributed by atoms with Gasteiger partial charge < -0.3 is 20.1 Å². The van der Waals surface area contributed by atoms with Crippen LogP contribution < -0.4 is 15.2 Å². The van der Waals surface area contributed by atoms with Crippen molar-refractivity contribution in [3.05, 3.63) is 54.1 Å². The normalized spacial score (nSPS) is 14.3. The van der Waals surface area contributed by atoms with Crippen molar-refractivity contribution in [2.75, 3.05) is 14.2 Å². The van der Waals surface area contributed by atoms with Crippen molar-refractivity contribution in [3.63, 3.8) is 0 Å². The predicted octanol–water partition coefficient (Wildman–Crippen LogP) is 3.40. The minimum absolute atomic E-state index is 0.567. The monoisotopic (exact) mass is 325 g/mol. The molecule has 0 spiro atoms. The van der Waals surface area contributed by atoms with E-state index in [0.29, 0.717) is 30.0 Å². The zero-order valence-electron chi connectivity index (χ0n) is 14.1. The smallest absolute Gasteiger partial charge is 0.191 e. The molecular formula is C19H23N3O2. The van der Waals surface area contributed by atoms with Gasteiger partial charge in [0, 0.05) is 13.1 Å².